The maximum absolute atomic E-state index is 14.0. The molecule has 280 valence electrons. The summed E-state index contributed by atoms with van der Waals surface area (Å²) < 4.78 is 23.1. The largest absolute Gasteiger partial charge is 0.507 e. The van der Waals surface area contributed by atoms with Gasteiger partial charge in [0.2, 0.25) is 0 Å². The second kappa shape index (κ2) is 15.2. The fourth-order valence-corrected chi connectivity index (χ4v) is 6.63. The summed E-state index contributed by atoms with van der Waals surface area (Å²) in [6.07, 6.45) is 2.71. The molecular formula is C38H45NO13. The molecule has 0 spiro atoms. The fourth-order valence-electron chi connectivity index (χ4n) is 6.63. The van der Waals surface area contributed by atoms with Crippen molar-refractivity contribution < 1.29 is 63.7 Å². The number of hydrogen-bond donors (Lipinski definition) is 6. The van der Waals surface area contributed by atoms with Gasteiger partial charge in [0, 0.05) is 55.2 Å². The number of aromatic hydroxyl groups is 3. The second-order valence-corrected chi connectivity index (χ2v) is 13.4. The molecule has 52 heavy (non-hydrogen) atoms. The first-order valence-corrected chi connectivity index (χ1v) is 16.5. The molecule has 0 aliphatic carbocycles. The van der Waals surface area contributed by atoms with Crippen molar-refractivity contribution in [3.8, 4) is 23.0 Å². The highest BCUT2D eigenvalue weighted by atomic mass is 16.7. The van der Waals surface area contributed by atoms with Crippen LogP contribution in [0.25, 0.3) is 10.8 Å². The number of phenols is 3. The first-order chi connectivity index (χ1) is 24.3. The first kappa shape index (κ1) is 39.6. The number of allylic oxidation sites excluding steroid dienone is 2. The maximum atomic E-state index is 14.0. The molecule has 0 unspecified atom stereocenters. The van der Waals surface area contributed by atoms with Gasteiger partial charge in [-0.1, -0.05) is 45.6 Å². The number of benzene rings is 2. The summed E-state index contributed by atoms with van der Waals surface area (Å²) in [5.41, 5.74) is -1.17. The Morgan fingerprint density at radius 3 is 2.27 bits per heavy atom. The lowest BCUT2D eigenvalue weighted by molar-refractivity contribution is -0.160. The number of Topliss-reactive ketones (excluding diaryl/α,β-unsaturated/α-hetero) is 1. The van der Waals surface area contributed by atoms with Crippen LogP contribution in [0, 0.1) is 24.7 Å². The Morgan fingerprint density at radius 1 is 1.02 bits per heavy atom. The highest BCUT2D eigenvalue weighted by molar-refractivity contribution is 6.23. The third kappa shape index (κ3) is 7.01. The highest BCUT2D eigenvalue weighted by Gasteiger charge is 2.50. The predicted octanol–water partition coefficient (Wildman–Crippen LogP) is 4.49. The van der Waals surface area contributed by atoms with Crippen molar-refractivity contribution in [3.63, 3.8) is 0 Å². The van der Waals surface area contributed by atoms with E-state index in [0.29, 0.717) is 0 Å². The predicted molar refractivity (Wildman–Crippen MR) is 189 cm³/mol. The lowest BCUT2D eigenvalue weighted by Crippen LogP contribution is -2.46. The number of aliphatic hydroxyl groups excluding tert-OH is 2. The lowest BCUT2D eigenvalue weighted by Gasteiger charge is -2.37. The number of ketones is 1. The zero-order valence-corrected chi connectivity index (χ0v) is 30.2. The Bertz CT molecular complexity index is 1910. The molecule has 14 nitrogen and oxygen atoms in total. The smallest absolute Gasteiger partial charge is 0.312 e. The molecule has 3 aliphatic heterocycles. The minimum Gasteiger partial charge on any atom is -0.507 e. The van der Waals surface area contributed by atoms with E-state index in [0.717, 1.165) is 6.26 Å². The number of anilines is 1. The van der Waals surface area contributed by atoms with Gasteiger partial charge in [-0.25, -0.2) is 0 Å². The fraction of sp³-hybridized carbons (Fsp3) is 0.421. The van der Waals surface area contributed by atoms with Gasteiger partial charge in [-0.2, -0.15) is 0 Å². The van der Waals surface area contributed by atoms with Crippen LogP contribution in [-0.2, 0) is 23.8 Å². The van der Waals surface area contributed by atoms with Crippen LogP contribution in [0.1, 0.15) is 67.8 Å². The molecule has 3 aliphatic rings. The molecule has 1 amide bonds. The molecule has 5 bridgehead atoms. The summed E-state index contributed by atoms with van der Waals surface area (Å²) in [6.45, 7) is 14.2. The standard InChI is InChI=1S/C38H45NO13/c1-16-11-10-12-17(2)37(48)39-28-23(15-40)32(45)25-26(33(28)46)31(44)21(6)35-27(25)36(47)38(8,52-35)50-14-13-24(49-9)18(3)34(51-22(7)41)20(5)30(43)19(4)29(16)42/h10-15,18-20,24,29-30,34,42-46H,1H2,2-9H3,(H,39,48)/t18-,19+,20+,24-,29+,30+,34-,38+/m0/s1. The molecule has 0 saturated carbocycles. The summed E-state index contributed by atoms with van der Waals surface area (Å²) >= 11 is 0. The first-order valence-electron chi connectivity index (χ1n) is 16.5. The minimum absolute atomic E-state index is 0.0125. The van der Waals surface area contributed by atoms with E-state index in [1.807, 2.05) is 0 Å². The van der Waals surface area contributed by atoms with Gasteiger partial charge in [-0.05, 0) is 25.5 Å². The summed E-state index contributed by atoms with van der Waals surface area (Å²) in [7, 11) is 1.40. The van der Waals surface area contributed by atoms with Gasteiger partial charge in [-0.3, -0.25) is 19.2 Å². The van der Waals surface area contributed by atoms with Gasteiger partial charge in [0.25, 0.3) is 11.7 Å². The number of phenolic OH excluding ortho intramolecular Hbond substituents is 3. The number of methoxy groups -OCH3 is 1. The maximum Gasteiger partial charge on any atom is 0.312 e. The number of aldehydes is 1. The Morgan fingerprint density at radius 2 is 1.67 bits per heavy atom. The van der Waals surface area contributed by atoms with E-state index < -0.39 is 105 Å². The van der Waals surface area contributed by atoms with E-state index in [1.165, 1.54) is 59.1 Å². The van der Waals surface area contributed by atoms with E-state index in [-0.39, 0.29) is 34.3 Å². The molecule has 14 heteroatoms. The van der Waals surface area contributed by atoms with E-state index >= 15 is 0 Å². The molecule has 5 rings (SSSR count). The van der Waals surface area contributed by atoms with Crippen molar-refractivity contribution >= 4 is 40.4 Å². The Labute approximate surface area is 300 Å². The molecule has 3 heterocycles. The van der Waals surface area contributed by atoms with Gasteiger partial charge < -0.3 is 49.8 Å². The van der Waals surface area contributed by atoms with E-state index in [1.54, 1.807) is 20.8 Å². The molecule has 2 aromatic carbocycles. The van der Waals surface area contributed by atoms with Crippen LogP contribution in [-0.4, -0.2) is 86.8 Å². The van der Waals surface area contributed by atoms with Crippen LogP contribution >= 0.6 is 0 Å². The van der Waals surface area contributed by atoms with Crippen molar-refractivity contribution in [1.82, 2.24) is 0 Å². The quantitative estimate of drug-likeness (QED) is 0.112. The van der Waals surface area contributed by atoms with Gasteiger partial charge in [0.1, 0.15) is 23.4 Å². The lowest BCUT2D eigenvalue weighted by atomic mass is 9.79. The Hall–Kier alpha value is -5.18. The average molecular weight is 724 g/mol. The molecular weight excluding hydrogens is 678 g/mol. The van der Waals surface area contributed by atoms with Gasteiger partial charge in [0.15, 0.2) is 12.0 Å². The molecule has 0 radical (unpaired) electrons. The molecule has 0 saturated heterocycles. The van der Waals surface area contributed by atoms with Crippen LogP contribution in [0.5, 0.6) is 23.0 Å². The van der Waals surface area contributed by atoms with Crippen molar-refractivity contribution in [2.75, 3.05) is 12.4 Å². The second-order valence-electron chi connectivity index (χ2n) is 13.4. The number of nitrogens with one attached hydrogen (secondary N) is 1. The van der Waals surface area contributed by atoms with Crippen molar-refractivity contribution in [2.24, 2.45) is 17.8 Å². The SMILES string of the molecule is C=C1C=CC=C(C)C(=O)Nc2c(C=O)c(O)c3c4c(c(C)c(O)c3c2O)O[C@@](C)(OC=C[C@H](OC)[C@H](C)[C@H](OC(C)=O)[C@H](C)[C@H](O)[C@H](C)[C@@H]1O)C4=O. The molecule has 0 fully saturated rings. The number of ether oxygens (including phenoxy) is 4. The monoisotopic (exact) mass is 723 g/mol. The van der Waals surface area contributed by atoms with Gasteiger partial charge >= 0.3 is 11.8 Å². The molecule has 6 N–H and O–H groups in total. The summed E-state index contributed by atoms with van der Waals surface area (Å²) in [5, 5.41) is 58.0. The highest BCUT2D eigenvalue weighted by Crippen LogP contribution is 2.55. The molecule has 0 aromatic heterocycles. The van der Waals surface area contributed by atoms with Crippen LogP contribution in [0.4, 0.5) is 5.69 Å². The number of hydrogen-bond acceptors (Lipinski definition) is 13. The zero-order valence-electron chi connectivity index (χ0n) is 30.2. The minimum atomic E-state index is -2.09. The third-order valence-corrected chi connectivity index (χ3v) is 9.85. The van der Waals surface area contributed by atoms with Crippen LogP contribution in [0.3, 0.4) is 0 Å². The number of carbonyl (C=O) groups excluding carboxylic acids is 4. The topological polar surface area (TPSA) is 218 Å². The van der Waals surface area contributed by atoms with Crippen LogP contribution in [0.2, 0.25) is 0 Å². The summed E-state index contributed by atoms with van der Waals surface area (Å²) in [5.74, 6) is -8.94. The molecule has 2 aromatic rings. The van der Waals surface area contributed by atoms with E-state index in [9.17, 15) is 44.7 Å². The summed E-state index contributed by atoms with van der Waals surface area (Å²) in [6, 6.07) is 0. The van der Waals surface area contributed by atoms with Gasteiger partial charge in [0.05, 0.1) is 46.8 Å². The number of aliphatic hydroxyl groups is 2. The number of amides is 1. The van der Waals surface area contributed by atoms with E-state index in [4.69, 9.17) is 18.9 Å². The van der Waals surface area contributed by atoms with Crippen LogP contribution < -0.4 is 10.1 Å². The number of rotatable bonds is 3. The zero-order chi connectivity index (χ0) is 39.0. The Kier molecular flexibility index (Phi) is 11.6. The Balaban J connectivity index is 1.93. The van der Waals surface area contributed by atoms with Crippen molar-refractivity contribution in [1.29, 1.82) is 0 Å². The normalized spacial score (nSPS) is 28.7. The number of carbonyl (C=O) groups is 4. The third-order valence-electron chi connectivity index (χ3n) is 9.85. The van der Waals surface area contributed by atoms with Crippen LogP contribution in [0.15, 0.2) is 48.3 Å². The van der Waals surface area contributed by atoms with Crippen molar-refractivity contribution in [2.45, 2.75) is 78.7 Å². The summed E-state index contributed by atoms with van der Waals surface area (Å²) in [4.78, 5) is 51.8. The molecule has 8 atom stereocenters. The average Bonchev–Trinajstić information content (AvgIpc) is 3.36. The number of esters is 1. The van der Waals surface area contributed by atoms with Gasteiger partial charge in [-0.15, -0.1) is 0 Å². The van der Waals surface area contributed by atoms with Crippen molar-refractivity contribution in [3.05, 3.63) is 65.0 Å². The number of fused-ring (bicyclic) bond motifs is 14. The van der Waals surface area contributed by atoms with E-state index in [2.05, 4.69) is 11.9 Å².